The molecule has 0 N–H and O–H groups in total. The molecular weight excluding hydrogens is 382 g/mol. The lowest BCUT2D eigenvalue weighted by molar-refractivity contribution is -0.139. The quantitative estimate of drug-likeness (QED) is 0.439. The smallest absolute Gasteiger partial charge is 0.254 e. The van der Waals surface area contributed by atoms with Gasteiger partial charge in [-0.3, -0.25) is 19.3 Å². The van der Waals surface area contributed by atoms with Gasteiger partial charge in [-0.25, -0.2) is 0 Å². The van der Waals surface area contributed by atoms with Crippen molar-refractivity contribution in [1.29, 1.82) is 0 Å². The van der Waals surface area contributed by atoms with Gasteiger partial charge in [0, 0.05) is 17.7 Å². The third-order valence-corrected chi connectivity index (χ3v) is 5.01. The van der Waals surface area contributed by atoms with E-state index in [1.165, 1.54) is 12.2 Å². The van der Waals surface area contributed by atoms with Crippen LogP contribution in [0.4, 0.5) is 0 Å². The van der Waals surface area contributed by atoms with Crippen LogP contribution in [0.15, 0.2) is 66.7 Å². The molecule has 4 nitrogen and oxygen atoms in total. The van der Waals surface area contributed by atoms with Gasteiger partial charge < -0.3 is 0 Å². The molecule has 2 aromatic rings. The number of benzene rings is 2. The highest BCUT2D eigenvalue weighted by atomic mass is 79.9. The number of rotatable bonds is 5. The maximum absolute atomic E-state index is 12.9. The molecule has 3 rings (SSSR count). The lowest BCUT2D eigenvalue weighted by atomic mass is 9.95. The topological polar surface area (TPSA) is 54.5 Å². The number of carbonyl (C=O) groups is 3. The molecule has 0 saturated heterocycles. The first-order chi connectivity index (χ1) is 12.0. The van der Waals surface area contributed by atoms with Crippen LogP contribution in [-0.4, -0.2) is 27.3 Å². The summed E-state index contributed by atoms with van der Waals surface area (Å²) in [5.41, 5.74) is 2.24. The molecule has 2 atom stereocenters. The Balaban J connectivity index is 2.03. The van der Waals surface area contributed by atoms with Crippen molar-refractivity contribution in [3.05, 3.63) is 83.4 Å². The summed E-state index contributed by atoms with van der Waals surface area (Å²) < 4.78 is 0. The Kier molecular flexibility index (Phi) is 4.95. The molecule has 1 aliphatic rings. The zero-order chi connectivity index (χ0) is 18.0. The minimum atomic E-state index is -0.746. The molecule has 25 heavy (non-hydrogen) atoms. The SMILES string of the molecule is Cc1cccc([C@H]([C@@H](Br)C(=O)c2ccccc2)N2C(=O)C=CC2=O)c1. The van der Waals surface area contributed by atoms with Gasteiger partial charge in [0.05, 0.1) is 6.04 Å². The van der Waals surface area contributed by atoms with Crippen LogP contribution >= 0.6 is 15.9 Å². The first-order valence-corrected chi connectivity index (χ1v) is 8.76. The molecule has 1 aliphatic heterocycles. The molecule has 0 spiro atoms. The second-order valence-corrected chi connectivity index (χ2v) is 6.86. The molecule has 0 aliphatic carbocycles. The van der Waals surface area contributed by atoms with Crippen molar-refractivity contribution in [2.75, 3.05) is 0 Å². The number of nitrogens with zero attached hydrogens (tertiary/aromatic N) is 1. The monoisotopic (exact) mass is 397 g/mol. The molecule has 0 aromatic heterocycles. The van der Waals surface area contributed by atoms with Gasteiger partial charge in [-0.05, 0) is 12.5 Å². The summed E-state index contributed by atoms with van der Waals surface area (Å²) in [7, 11) is 0. The van der Waals surface area contributed by atoms with Gasteiger partial charge in [0.15, 0.2) is 5.78 Å². The molecule has 0 radical (unpaired) electrons. The number of alkyl halides is 1. The van der Waals surface area contributed by atoms with Crippen LogP contribution in [0.5, 0.6) is 0 Å². The van der Waals surface area contributed by atoms with Crippen molar-refractivity contribution >= 4 is 33.5 Å². The average molecular weight is 398 g/mol. The number of Topliss-reactive ketones (excluding diaryl/α,β-unsaturated/α-hetero) is 1. The van der Waals surface area contributed by atoms with Gasteiger partial charge in [-0.15, -0.1) is 0 Å². The second kappa shape index (κ2) is 7.15. The van der Waals surface area contributed by atoms with Crippen LogP contribution in [0.3, 0.4) is 0 Å². The standard InChI is InChI=1S/C20H16BrNO3/c1-13-6-5-9-15(12-13)19(22-16(23)10-11-17(22)24)18(21)20(25)14-7-3-2-4-8-14/h2-12,18-19H,1H3/t18-,19-/m1/s1. The van der Waals surface area contributed by atoms with E-state index in [-0.39, 0.29) is 5.78 Å². The Morgan fingerprint density at radius 3 is 2.20 bits per heavy atom. The molecule has 2 amide bonds. The number of ketones is 1. The Morgan fingerprint density at radius 1 is 0.960 bits per heavy atom. The van der Waals surface area contributed by atoms with Crippen molar-refractivity contribution in [3.63, 3.8) is 0 Å². The largest absolute Gasteiger partial charge is 0.293 e. The molecule has 0 saturated carbocycles. The first kappa shape index (κ1) is 17.3. The highest BCUT2D eigenvalue weighted by Crippen LogP contribution is 2.34. The molecule has 0 fully saturated rings. The summed E-state index contributed by atoms with van der Waals surface area (Å²) in [6.07, 6.45) is 2.47. The Bertz CT molecular complexity index is 842. The zero-order valence-corrected chi connectivity index (χ0v) is 15.1. The van der Waals surface area contributed by atoms with Crippen LogP contribution in [0.25, 0.3) is 0 Å². The number of halogens is 1. The normalized spacial score (nSPS) is 16.2. The van der Waals surface area contributed by atoms with E-state index in [2.05, 4.69) is 15.9 Å². The maximum atomic E-state index is 12.9. The predicted octanol–water partition coefficient (Wildman–Crippen LogP) is 3.61. The molecule has 0 unspecified atom stereocenters. The molecule has 126 valence electrons. The third-order valence-electron chi connectivity index (χ3n) is 4.09. The number of amides is 2. The Hall–Kier alpha value is -2.53. The van der Waals surface area contributed by atoms with Gasteiger partial charge in [0.25, 0.3) is 11.8 Å². The van der Waals surface area contributed by atoms with Crippen LogP contribution in [0.1, 0.15) is 27.5 Å². The highest BCUT2D eigenvalue weighted by Gasteiger charge is 2.39. The number of aryl methyl sites for hydroxylation is 1. The van der Waals surface area contributed by atoms with Crippen LogP contribution in [-0.2, 0) is 9.59 Å². The number of hydrogen-bond acceptors (Lipinski definition) is 3. The lowest BCUT2D eigenvalue weighted by Crippen LogP contribution is -2.41. The van der Waals surface area contributed by atoms with Gasteiger partial charge in [0.2, 0.25) is 0 Å². The van der Waals surface area contributed by atoms with Crippen LogP contribution in [0.2, 0.25) is 0 Å². The van der Waals surface area contributed by atoms with E-state index in [1.54, 1.807) is 24.3 Å². The Labute approximate surface area is 154 Å². The summed E-state index contributed by atoms with van der Waals surface area (Å²) >= 11 is 3.45. The maximum Gasteiger partial charge on any atom is 0.254 e. The van der Waals surface area contributed by atoms with Crippen molar-refractivity contribution in [2.24, 2.45) is 0 Å². The van der Waals surface area contributed by atoms with Gasteiger partial charge in [-0.1, -0.05) is 76.1 Å². The molecule has 2 aromatic carbocycles. The predicted molar refractivity (Wildman–Crippen MR) is 98.4 cm³/mol. The Morgan fingerprint density at radius 2 is 1.60 bits per heavy atom. The summed E-state index contributed by atoms with van der Waals surface area (Å²) in [4.78, 5) is 37.8. The van der Waals surface area contributed by atoms with Gasteiger partial charge in [0.1, 0.15) is 4.83 Å². The van der Waals surface area contributed by atoms with E-state index in [0.29, 0.717) is 5.56 Å². The first-order valence-electron chi connectivity index (χ1n) is 7.84. The number of hydrogen-bond donors (Lipinski definition) is 0. The minimum absolute atomic E-state index is 0.181. The van der Waals surface area contributed by atoms with E-state index in [4.69, 9.17) is 0 Å². The fraction of sp³-hybridized carbons (Fsp3) is 0.150. The third kappa shape index (κ3) is 3.46. The van der Waals surface area contributed by atoms with Gasteiger partial charge >= 0.3 is 0 Å². The second-order valence-electron chi connectivity index (χ2n) is 5.87. The number of imide groups is 1. The summed E-state index contributed by atoms with van der Waals surface area (Å²) in [5.74, 6) is -1.01. The van der Waals surface area contributed by atoms with E-state index < -0.39 is 22.7 Å². The fourth-order valence-electron chi connectivity index (χ4n) is 2.89. The zero-order valence-electron chi connectivity index (χ0n) is 13.6. The van der Waals surface area contributed by atoms with Crippen molar-refractivity contribution in [3.8, 4) is 0 Å². The fourth-order valence-corrected chi connectivity index (χ4v) is 3.70. The van der Waals surface area contributed by atoms with Crippen LogP contribution < -0.4 is 0 Å². The van der Waals surface area contributed by atoms with Crippen molar-refractivity contribution in [1.82, 2.24) is 4.90 Å². The van der Waals surface area contributed by atoms with Crippen molar-refractivity contribution in [2.45, 2.75) is 17.8 Å². The van der Waals surface area contributed by atoms with E-state index in [9.17, 15) is 14.4 Å². The minimum Gasteiger partial charge on any atom is -0.293 e. The molecule has 1 heterocycles. The van der Waals surface area contributed by atoms with Crippen LogP contribution in [0, 0.1) is 6.92 Å². The van der Waals surface area contributed by atoms with Crippen molar-refractivity contribution < 1.29 is 14.4 Å². The highest BCUT2D eigenvalue weighted by molar-refractivity contribution is 9.10. The van der Waals surface area contributed by atoms with E-state index in [1.807, 2.05) is 37.3 Å². The lowest BCUT2D eigenvalue weighted by Gasteiger charge is -2.30. The summed E-state index contributed by atoms with van der Waals surface area (Å²) in [5, 5.41) is 0. The number of carbonyl (C=O) groups excluding carboxylic acids is 3. The average Bonchev–Trinajstić information content (AvgIpc) is 2.94. The summed E-state index contributed by atoms with van der Waals surface area (Å²) in [6.45, 7) is 1.93. The molecular formula is C20H16BrNO3. The summed E-state index contributed by atoms with van der Waals surface area (Å²) in [6, 6.07) is 15.6. The van der Waals surface area contributed by atoms with E-state index in [0.717, 1.165) is 16.0 Å². The van der Waals surface area contributed by atoms with Gasteiger partial charge in [-0.2, -0.15) is 0 Å². The molecule has 5 heteroatoms. The van der Waals surface area contributed by atoms with E-state index >= 15 is 0 Å². The molecule has 0 bridgehead atoms.